The SMILES string of the molecule is O=P(c1ccccc1)(c1ccccc1)c1ccc(-c2ccc3c(c2)c2c4ccccc4ccc2c2nc4ccc(-c5ccccc5)cc4n32)c2ccccc12. The molecule has 0 atom stereocenters. The molecule has 258 valence electrons. The second kappa shape index (κ2) is 12.4. The third-order valence-corrected chi connectivity index (χ3v) is 14.3. The lowest BCUT2D eigenvalue weighted by Crippen LogP contribution is -2.25. The first kappa shape index (κ1) is 31.7. The van der Waals surface area contributed by atoms with E-state index in [1.165, 1.54) is 21.7 Å². The van der Waals surface area contributed by atoms with Crippen molar-refractivity contribution in [1.29, 1.82) is 0 Å². The summed E-state index contributed by atoms with van der Waals surface area (Å²) in [5.41, 5.74) is 8.65. The Hall–Kier alpha value is -6.80. The topological polar surface area (TPSA) is 34.4 Å². The molecule has 3 nitrogen and oxygen atoms in total. The van der Waals surface area contributed by atoms with Crippen LogP contribution >= 0.6 is 7.14 Å². The van der Waals surface area contributed by atoms with Crippen molar-refractivity contribution in [3.8, 4) is 22.3 Å². The molecule has 0 fully saturated rings. The third-order valence-electron chi connectivity index (χ3n) is 11.2. The molecule has 11 rings (SSSR count). The molecular formula is C51H33N2OP. The van der Waals surface area contributed by atoms with E-state index in [1.807, 2.05) is 60.7 Å². The second-order valence-corrected chi connectivity index (χ2v) is 17.0. The van der Waals surface area contributed by atoms with Crippen LogP contribution in [-0.2, 0) is 4.57 Å². The average molecular weight is 721 g/mol. The van der Waals surface area contributed by atoms with Crippen molar-refractivity contribution in [2.75, 3.05) is 0 Å². The first-order chi connectivity index (χ1) is 27.2. The van der Waals surface area contributed by atoms with Gasteiger partial charge >= 0.3 is 0 Å². The number of fused-ring (bicyclic) bond motifs is 11. The monoisotopic (exact) mass is 720 g/mol. The largest absolute Gasteiger partial charge is 0.309 e. The van der Waals surface area contributed by atoms with Gasteiger partial charge in [-0.3, -0.25) is 4.40 Å². The van der Waals surface area contributed by atoms with Crippen molar-refractivity contribution in [3.63, 3.8) is 0 Å². The minimum atomic E-state index is -3.21. The van der Waals surface area contributed by atoms with E-state index in [2.05, 4.69) is 144 Å². The van der Waals surface area contributed by atoms with Crippen LogP contribution in [0.25, 0.3) is 82.2 Å². The number of imidazole rings is 1. The Morgan fingerprint density at radius 1 is 0.418 bits per heavy atom. The summed E-state index contributed by atoms with van der Waals surface area (Å²) in [5, 5.41) is 10.4. The van der Waals surface area contributed by atoms with Crippen molar-refractivity contribution in [3.05, 3.63) is 200 Å². The quantitative estimate of drug-likeness (QED) is 0.131. The van der Waals surface area contributed by atoms with E-state index in [0.29, 0.717) is 0 Å². The number of benzene rings is 9. The minimum Gasteiger partial charge on any atom is -0.309 e. The van der Waals surface area contributed by atoms with Crippen LogP contribution in [0.4, 0.5) is 0 Å². The fourth-order valence-corrected chi connectivity index (χ4v) is 11.5. The summed E-state index contributed by atoms with van der Waals surface area (Å²) >= 11 is 0. The van der Waals surface area contributed by atoms with Crippen LogP contribution in [0.1, 0.15) is 0 Å². The van der Waals surface area contributed by atoms with Gasteiger partial charge in [0.15, 0.2) is 7.14 Å². The molecule has 0 bridgehead atoms. The van der Waals surface area contributed by atoms with Gasteiger partial charge in [0, 0.05) is 32.1 Å². The zero-order valence-corrected chi connectivity index (χ0v) is 30.7. The van der Waals surface area contributed by atoms with E-state index >= 15 is 4.57 Å². The van der Waals surface area contributed by atoms with Crippen molar-refractivity contribution in [1.82, 2.24) is 9.38 Å². The summed E-state index contributed by atoms with van der Waals surface area (Å²) in [7, 11) is -3.21. The van der Waals surface area contributed by atoms with Crippen molar-refractivity contribution in [2.24, 2.45) is 0 Å². The molecule has 0 spiro atoms. The highest BCUT2D eigenvalue weighted by Gasteiger charge is 2.31. The number of hydrogen-bond donors (Lipinski definition) is 0. The van der Waals surface area contributed by atoms with Gasteiger partial charge in [-0.25, -0.2) is 4.98 Å². The van der Waals surface area contributed by atoms with E-state index < -0.39 is 7.14 Å². The molecule has 0 aliphatic rings. The van der Waals surface area contributed by atoms with Gasteiger partial charge in [0.2, 0.25) is 0 Å². The second-order valence-electron chi connectivity index (χ2n) is 14.2. The molecule has 0 aliphatic carbocycles. The summed E-state index contributed by atoms with van der Waals surface area (Å²) in [6.45, 7) is 0. The molecule has 0 saturated carbocycles. The fourth-order valence-electron chi connectivity index (χ4n) is 8.67. The highest BCUT2D eigenvalue weighted by Crippen LogP contribution is 2.46. The van der Waals surface area contributed by atoms with E-state index in [4.69, 9.17) is 4.98 Å². The van der Waals surface area contributed by atoms with Crippen LogP contribution in [-0.4, -0.2) is 9.38 Å². The van der Waals surface area contributed by atoms with Gasteiger partial charge in [-0.05, 0) is 80.2 Å². The highest BCUT2D eigenvalue weighted by molar-refractivity contribution is 7.85. The first-order valence-electron chi connectivity index (χ1n) is 18.7. The lowest BCUT2D eigenvalue weighted by atomic mass is 9.94. The Kier molecular flexibility index (Phi) is 7.14. The van der Waals surface area contributed by atoms with E-state index in [9.17, 15) is 0 Å². The molecule has 2 aromatic heterocycles. The molecule has 0 N–H and O–H groups in total. The van der Waals surface area contributed by atoms with Crippen LogP contribution in [0, 0.1) is 0 Å². The lowest BCUT2D eigenvalue weighted by Gasteiger charge is -2.23. The molecule has 0 unspecified atom stereocenters. The Morgan fingerprint density at radius 3 is 1.80 bits per heavy atom. The van der Waals surface area contributed by atoms with Crippen molar-refractivity contribution < 1.29 is 4.57 Å². The Labute approximate surface area is 318 Å². The van der Waals surface area contributed by atoms with Gasteiger partial charge in [0.1, 0.15) is 5.65 Å². The maximum atomic E-state index is 15.6. The molecule has 11 aromatic rings. The first-order valence-corrected chi connectivity index (χ1v) is 20.4. The Balaban J connectivity index is 1.20. The standard InChI is InChI=1S/C51H33N2OP/c54-55(38-17-6-2-7-18-38,39-19-8-3-9-20-39)49-31-28-40(42-22-12-13-23-43(42)49)37-26-30-47-45(32-37)50-41-21-11-10-16-35(41)24-27-44(50)51-52-46-29-25-36(33-48(46)53(47)51)34-14-4-1-5-15-34/h1-33H. The van der Waals surface area contributed by atoms with Crippen molar-refractivity contribution in [2.45, 2.75) is 0 Å². The van der Waals surface area contributed by atoms with Gasteiger partial charge in [-0.1, -0.05) is 164 Å². The Bertz CT molecular complexity index is 3290. The van der Waals surface area contributed by atoms with Crippen molar-refractivity contribution >= 4 is 83.0 Å². The zero-order chi connectivity index (χ0) is 36.5. The summed E-state index contributed by atoms with van der Waals surface area (Å²) in [6, 6.07) is 69.7. The molecule has 0 amide bonds. The van der Waals surface area contributed by atoms with Crippen LogP contribution in [0.5, 0.6) is 0 Å². The molecule has 0 aliphatic heterocycles. The summed E-state index contributed by atoms with van der Waals surface area (Å²) in [5.74, 6) is 0. The van der Waals surface area contributed by atoms with Gasteiger partial charge in [0.25, 0.3) is 0 Å². The molecule has 4 heteroatoms. The number of pyridine rings is 1. The number of nitrogens with zero attached hydrogens (tertiary/aromatic N) is 2. The van der Waals surface area contributed by atoms with E-state index in [-0.39, 0.29) is 0 Å². The van der Waals surface area contributed by atoms with E-state index in [1.54, 1.807) is 0 Å². The normalized spacial score (nSPS) is 12.1. The van der Waals surface area contributed by atoms with Crippen LogP contribution in [0.3, 0.4) is 0 Å². The molecule has 0 saturated heterocycles. The smallest absolute Gasteiger partial charge is 0.171 e. The number of rotatable bonds is 5. The number of hydrogen-bond acceptors (Lipinski definition) is 2. The van der Waals surface area contributed by atoms with Gasteiger partial charge < -0.3 is 4.57 Å². The van der Waals surface area contributed by atoms with Crippen LogP contribution in [0.2, 0.25) is 0 Å². The lowest BCUT2D eigenvalue weighted by molar-refractivity contribution is 0.592. The summed E-state index contributed by atoms with van der Waals surface area (Å²) in [4.78, 5) is 5.28. The molecular weight excluding hydrogens is 688 g/mol. The zero-order valence-electron chi connectivity index (χ0n) is 29.8. The highest BCUT2D eigenvalue weighted by atomic mass is 31.2. The predicted octanol–water partition coefficient (Wildman–Crippen LogP) is 12.1. The summed E-state index contributed by atoms with van der Waals surface area (Å²) < 4.78 is 18.0. The molecule has 2 heterocycles. The van der Waals surface area contributed by atoms with Gasteiger partial charge in [0.05, 0.1) is 16.6 Å². The van der Waals surface area contributed by atoms with Crippen LogP contribution < -0.4 is 15.9 Å². The number of aromatic nitrogens is 2. The third kappa shape index (κ3) is 4.84. The van der Waals surface area contributed by atoms with Gasteiger partial charge in [-0.2, -0.15) is 0 Å². The van der Waals surface area contributed by atoms with Gasteiger partial charge in [-0.15, -0.1) is 0 Å². The maximum absolute atomic E-state index is 15.6. The Morgan fingerprint density at radius 2 is 1.05 bits per heavy atom. The molecule has 55 heavy (non-hydrogen) atoms. The molecule has 9 aromatic carbocycles. The fraction of sp³-hybridized carbons (Fsp3) is 0. The average Bonchev–Trinajstić information content (AvgIpc) is 3.65. The molecule has 0 radical (unpaired) electrons. The van der Waals surface area contributed by atoms with Crippen LogP contribution in [0.15, 0.2) is 200 Å². The predicted molar refractivity (Wildman–Crippen MR) is 233 cm³/mol. The van der Waals surface area contributed by atoms with E-state index in [0.717, 1.165) is 76.3 Å². The maximum Gasteiger partial charge on any atom is 0.171 e. The summed E-state index contributed by atoms with van der Waals surface area (Å²) in [6.07, 6.45) is 0. The minimum absolute atomic E-state index is 0.829.